The van der Waals surface area contributed by atoms with Gasteiger partial charge in [-0.1, -0.05) is 0 Å². The molecule has 7 nitrogen and oxygen atoms in total. The average Bonchev–Trinajstić information content (AvgIpc) is 2.87. The molecular weight excluding hydrogens is 358 g/mol. The Hall–Kier alpha value is -2.74. The maximum absolute atomic E-state index is 12.5. The molecule has 26 heavy (non-hydrogen) atoms. The fraction of sp³-hybridized carbons (Fsp3) is 0.278. The fourth-order valence-electron chi connectivity index (χ4n) is 2.42. The van der Waals surface area contributed by atoms with Crippen molar-refractivity contribution >= 4 is 15.9 Å². The number of nitrogens with one attached hydrogen (secondary N) is 1. The van der Waals surface area contributed by atoms with Crippen LogP contribution in [-0.2, 0) is 10.0 Å². The number of ether oxygens (including phenoxy) is 3. The summed E-state index contributed by atoms with van der Waals surface area (Å²) in [6, 6.07) is 10.5. The summed E-state index contributed by atoms with van der Waals surface area (Å²) in [6.07, 6.45) is 0.714. The third-order valence-electron chi connectivity index (χ3n) is 3.68. The lowest BCUT2D eigenvalue weighted by Gasteiger charge is -2.11. The molecule has 1 aliphatic rings. The van der Waals surface area contributed by atoms with Crippen LogP contribution in [0.1, 0.15) is 23.7 Å². The van der Waals surface area contributed by atoms with Crippen molar-refractivity contribution in [1.29, 1.82) is 0 Å². The topological polar surface area (TPSA) is 90.9 Å². The lowest BCUT2D eigenvalue weighted by atomic mass is 10.2. The standard InChI is InChI=1S/C18H19NO6S/c1-2-23-14-6-4-13(5-7-14)18(20)19-26(21,22)15-8-9-16-17(12-15)25-11-3-10-24-16/h4-9,12H,2-3,10-11H2,1H3,(H,19,20). The van der Waals surface area contributed by atoms with E-state index in [4.69, 9.17) is 14.2 Å². The minimum Gasteiger partial charge on any atom is -0.494 e. The van der Waals surface area contributed by atoms with E-state index in [-0.39, 0.29) is 10.5 Å². The number of benzene rings is 2. The summed E-state index contributed by atoms with van der Waals surface area (Å²) < 4.78 is 43.3. The van der Waals surface area contributed by atoms with Crippen molar-refractivity contribution in [2.45, 2.75) is 18.2 Å². The zero-order valence-electron chi connectivity index (χ0n) is 14.2. The fourth-order valence-corrected chi connectivity index (χ4v) is 3.41. The van der Waals surface area contributed by atoms with E-state index in [9.17, 15) is 13.2 Å². The molecular formula is C18H19NO6S. The number of amides is 1. The van der Waals surface area contributed by atoms with Crippen LogP contribution in [0.3, 0.4) is 0 Å². The highest BCUT2D eigenvalue weighted by molar-refractivity contribution is 7.90. The van der Waals surface area contributed by atoms with Gasteiger partial charge in [-0.05, 0) is 43.3 Å². The van der Waals surface area contributed by atoms with Crippen LogP contribution >= 0.6 is 0 Å². The van der Waals surface area contributed by atoms with E-state index >= 15 is 0 Å². The molecule has 1 heterocycles. The van der Waals surface area contributed by atoms with Crippen LogP contribution in [0.2, 0.25) is 0 Å². The Balaban J connectivity index is 1.78. The minimum atomic E-state index is -4.04. The van der Waals surface area contributed by atoms with Crippen LogP contribution in [0.5, 0.6) is 17.2 Å². The van der Waals surface area contributed by atoms with Gasteiger partial charge in [0.25, 0.3) is 15.9 Å². The summed E-state index contributed by atoms with van der Waals surface area (Å²) in [5.74, 6) is 0.716. The lowest BCUT2D eigenvalue weighted by Crippen LogP contribution is -2.30. The second kappa shape index (κ2) is 7.65. The first-order valence-corrected chi connectivity index (χ1v) is 9.67. The van der Waals surface area contributed by atoms with Gasteiger partial charge in [-0.15, -0.1) is 0 Å². The van der Waals surface area contributed by atoms with Crippen molar-refractivity contribution in [3.8, 4) is 17.2 Å². The van der Waals surface area contributed by atoms with Gasteiger partial charge in [0.15, 0.2) is 11.5 Å². The number of carbonyl (C=O) groups excluding carboxylic acids is 1. The van der Waals surface area contributed by atoms with E-state index in [2.05, 4.69) is 4.72 Å². The quantitative estimate of drug-likeness (QED) is 0.860. The summed E-state index contributed by atoms with van der Waals surface area (Å²) in [5.41, 5.74) is 0.214. The zero-order valence-corrected chi connectivity index (χ0v) is 15.0. The molecule has 0 spiro atoms. The maximum atomic E-state index is 12.5. The Morgan fingerprint density at radius 2 is 1.77 bits per heavy atom. The summed E-state index contributed by atoms with van der Waals surface area (Å²) >= 11 is 0. The number of hydrogen-bond acceptors (Lipinski definition) is 6. The van der Waals surface area contributed by atoms with Crippen molar-refractivity contribution in [3.05, 3.63) is 48.0 Å². The molecule has 2 aromatic carbocycles. The normalized spacial score (nSPS) is 13.6. The summed E-state index contributed by atoms with van der Waals surface area (Å²) in [4.78, 5) is 12.2. The molecule has 0 saturated heterocycles. The van der Waals surface area contributed by atoms with Crippen molar-refractivity contribution in [1.82, 2.24) is 4.72 Å². The van der Waals surface area contributed by atoms with Gasteiger partial charge in [0.1, 0.15) is 5.75 Å². The van der Waals surface area contributed by atoms with Crippen molar-refractivity contribution < 1.29 is 27.4 Å². The van der Waals surface area contributed by atoms with Gasteiger partial charge in [0, 0.05) is 18.1 Å². The first-order valence-electron chi connectivity index (χ1n) is 8.19. The Labute approximate surface area is 151 Å². The number of fused-ring (bicyclic) bond motifs is 1. The van der Waals surface area contributed by atoms with Gasteiger partial charge >= 0.3 is 0 Å². The molecule has 0 fully saturated rings. The van der Waals surface area contributed by atoms with E-state index in [1.54, 1.807) is 12.1 Å². The molecule has 0 bridgehead atoms. The van der Waals surface area contributed by atoms with Crippen LogP contribution in [0.25, 0.3) is 0 Å². The average molecular weight is 377 g/mol. The highest BCUT2D eigenvalue weighted by Gasteiger charge is 2.21. The number of sulfonamides is 1. The molecule has 0 unspecified atom stereocenters. The second-order valence-corrected chi connectivity index (χ2v) is 7.23. The van der Waals surface area contributed by atoms with Crippen molar-refractivity contribution in [2.24, 2.45) is 0 Å². The molecule has 1 aliphatic heterocycles. The predicted molar refractivity (Wildman–Crippen MR) is 94.3 cm³/mol. The SMILES string of the molecule is CCOc1ccc(C(=O)NS(=O)(=O)c2ccc3c(c2)OCCCO3)cc1. The van der Waals surface area contributed by atoms with Gasteiger partial charge in [-0.2, -0.15) is 0 Å². The van der Waals surface area contributed by atoms with Gasteiger partial charge in [0.2, 0.25) is 0 Å². The lowest BCUT2D eigenvalue weighted by molar-refractivity contribution is 0.0981. The monoisotopic (exact) mass is 377 g/mol. The first kappa shape index (κ1) is 18.1. The largest absolute Gasteiger partial charge is 0.494 e. The van der Waals surface area contributed by atoms with Gasteiger partial charge in [-0.25, -0.2) is 13.1 Å². The van der Waals surface area contributed by atoms with Crippen LogP contribution < -0.4 is 18.9 Å². The minimum absolute atomic E-state index is 0.0685. The molecule has 0 aromatic heterocycles. The van der Waals surface area contributed by atoms with Gasteiger partial charge in [-0.3, -0.25) is 4.79 Å². The molecule has 0 aliphatic carbocycles. The van der Waals surface area contributed by atoms with E-state index < -0.39 is 15.9 Å². The number of rotatable bonds is 5. The van der Waals surface area contributed by atoms with Gasteiger partial charge in [0.05, 0.1) is 24.7 Å². The van der Waals surface area contributed by atoms with Crippen molar-refractivity contribution in [3.63, 3.8) is 0 Å². The molecule has 1 N–H and O–H groups in total. The second-order valence-electron chi connectivity index (χ2n) is 5.55. The van der Waals surface area contributed by atoms with Crippen LogP contribution in [0.4, 0.5) is 0 Å². The summed E-state index contributed by atoms with van der Waals surface area (Å²) in [5, 5.41) is 0. The van der Waals surface area contributed by atoms with Crippen LogP contribution in [0, 0.1) is 0 Å². The highest BCUT2D eigenvalue weighted by Crippen LogP contribution is 2.31. The van der Waals surface area contributed by atoms with Crippen LogP contribution in [-0.4, -0.2) is 34.1 Å². The number of carbonyl (C=O) groups is 1. The Morgan fingerprint density at radius 1 is 1.08 bits per heavy atom. The van der Waals surface area contributed by atoms with E-state index in [0.29, 0.717) is 43.5 Å². The molecule has 0 saturated carbocycles. The molecule has 1 amide bonds. The third-order valence-corrected chi connectivity index (χ3v) is 5.01. The Morgan fingerprint density at radius 3 is 2.46 bits per heavy atom. The first-order chi connectivity index (χ1) is 12.5. The predicted octanol–water partition coefficient (Wildman–Crippen LogP) is 2.37. The smallest absolute Gasteiger partial charge is 0.265 e. The summed E-state index contributed by atoms with van der Waals surface area (Å²) in [7, 11) is -4.04. The highest BCUT2D eigenvalue weighted by atomic mass is 32.2. The maximum Gasteiger partial charge on any atom is 0.265 e. The molecule has 3 rings (SSSR count). The molecule has 8 heteroatoms. The van der Waals surface area contributed by atoms with Crippen LogP contribution in [0.15, 0.2) is 47.4 Å². The molecule has 2 aromatic rings. The zero-order chi connectivity index (χ0) is 18.6. The van der Waals surface area contributed by atoms with Gasteiger partial charge < -0.3 is 14.2 Å². The molecule has 0 radical (unpaired) electrons. The molecule has 138 valence electrons. The van der Waals surface area contributed by atoms with E-state index in [1.165, 1.54) is 30.3 Å². The van der Waals surface area contributed by atoms with E-state index in [1.807, 2.05) is 6.92 Å². The van der Waals surface area contributed by atoms with Crippen molar-refractivity contribution in [2.75, 3.05) is 19.8 Å². The number of hydrogen-bond donors (Lipinski definition) is 1. The summed E-state index contributed by atoms with van der Waals surface area (Å²) in [6.45, 7) is 3.30. The van der Waals surface area contributed by atoms with E-state index in [0.717, 1.165) is 0 Å². The third kappa shape index (κ3) is 4.08. The Kier molecular flexibility index (Phi) is 5.32. The molecule has 0 atom stereocenters. The Bertz CT molecular complexity index is 892.